The highest BCUT2D eigenvalue weighted by Gasteiger charge is 2.53. The van der Waals surface area contributed by atoms with Crippen molar-refractivity contribution in [2.45, 2.75) is 388 Å². The van der Waals surface area contributed by atoms with E-state index in [2.05, 4.69) is 92.1 Å². The van der Waals surface area contributed by atoms with E-state index in [0.29, 0.717) is 12.8 Å². The summed E-state index contributed by atoms with van der Waals surface area (Å²) in [5, 5.41) is 121. The number of aliphatic hydroxyl groups excluding tert-OH is 11. The first-order chi connectivity index (χ1) is 48.3. The van der Waals surface area contributed by atoms with Crippen molar-refractivity contribution in [3.8, 4) is 0 Å². The Balaban J connectivity index is 1.40. The number of amides is 1. The zero-order chi connectivity index (χ0) is 71.8. The molecule has 12 N–H and O–H groups in total. The van der Waals surface area contributed by atoms with Gasteiger partial charge in [-0.25, -0.2) is 0 Å². The lowest BCUT2D eigenvalue weighted by Crippen LogP contribution is -2.66. The summed E-state index contributed by atoms with van der Waals surface area (Å²) < 4.78 is 34.4. The van der Waals surface area contributed by atoms with Crippen molar-refractivity contribution in [2.75, 3.05) is 26.4 Å². The maximum Gasteiger partial charge on any atom is 0.220 e. The van der Waals surface area contributed by atoms with Crippen molar-refractivity contribution in [1.29, 1.82) is 0 Å². The monoisotopic (exact) mass is 1400 g/mol. The van der Waals surface area contributed by atoms with Gasteiger partial charge in [0, 0.05) is 6.42 Å². The minimum atomic E-state index is -1.99. The molecule has 3 aliphatic heterocycles. The Labute approximate surface area is 597 Å². The number of unbranched alkanes of at least 4 members (excludes halogenated alkanes) is 33. The Morgan fingerprint density at radius 1 is 0.374 bits per heavy atom. The summed E-state index contributed by atoms with van der Waals surface area (Å²) in [7, 11) is 0. The number of aliphatic hydroxyl groups is 11. The average molecular weight is 1400 g/mol. The van der Waals surface area contributed by atoms with Gasteiger partial charge in [-0.3, -0.25) is 4.79 Å². The number of allylic oxidation sites excluding steroid dienone is 13. The van der Waals surface area contributed by atoms with Gasteiger partial charge in [0.1, 0.15) is 73.2 Å². The number of ether oxygens (including phenoxy) is 6. The standard InChI is InChI=1S/C80H141NO18/c1-3-5-7-9-11-13-15-17-19-21-23-25-27-29-30-31-32-34-36-38-40-42-44-46-48-50-52-54-56-58-68(86)81-63(64(85)57-55-53-51-49-47-45-43-41-39-37-35-33-28-26-24-22-20-18-16-14-12-10-8-6-4-2)62-94-78-74(92)71(89)76(66(60-83)96-78)99-80-75(93)72(90)77(67(61-84)97-80)98-79-73(91)70(88)69(87)65(59-82)95-79/h5,7,11,13,17,19,23,25,39,41,47,49,55,57,63-67,69-80,82-85,87-93H,3-4,6,8-10,12,14-16,18,20-22,24,26-38,40,42-46,48,50-54,56,58-62H2,1-2H3,(H,81,86)/b7-5-,13-11-,19-17-,25-23-,41-39+,49-47+,57-55+. The second kappa shape index (κ2) is 60.3. The molecule has 0 spiro atoms. The first-order valence-electron chi connectivity index (χ1n) is 39.3. The van der Waals surface area contributed by atoms with Gasteiger partial charge in [-0.05, 0) is 83.5 Å². The van der Waals surface area contributed by atoms with Gasteiger partial charge >= 0.3 is 0 Å². The normalized spacial score (nSPS) is 27.1. The maximum atomic E-state index is 13.5. The van der Waals surface area contributed by atoms with Crippen LogP contribution in [-0.4, -0.2) is 193 Å². The molecule has 3 rings (SSSR count). The van der Waals surface area contributed by atoms with Crippen LogP contribution < -0.4 is 5.32 Å². The Morgan fingerprint density at radius 2 is 0.707 bits per heavy atom. The minimum Gasteiger partial charge on any atom is -0.394 e. The molecule has 3 saturated heterocycles. The Morgan fingerprint density at radius 3 is 1.13 bits per heavy atom. The number of carbonyl (C=O) groups is 1. The lowest BCUT2D eigenvalue weighted by atomic mass is 9.96. The number of carbonyl (C=O) groups excluding carboxylic acids is 1. The predicted molar refractivity (Wildman–Crippen MR) is 392 cm³/mol. The molecular formula is C80H141NO18. The van der Waals surface area contributed by atoms with E-state index in [-0.39, 0.29) is 18.9 Å². The minimum absolute atomic E-state index is 0.229. The van der Waals surface area contributed by atoms with Crippen LogP contribution in [0.1, 0.15) is 284 Å². The molecule has 0 radical (unpaired) electrons. The summed E-state index contributed by atoms with van der Waals surface area (Å²) in [5.74, 6) is -0.289. The van der Waals surface area contributed by atoms with E-state index in [0.717, 1.165) is 70.6 Å². The van der Waals surface area contributed by atoms with E-state index in [9.17, 15) is 61.0 Å². The molecule has 3 aliphatic rings. The van der Waals surface area contributed by atoms with Gasteiger partial charge in [-0.15, -0.1) is 0 Å². The van der Waals surface area contributed by atoms with Crippen molar-refractivity contribution >= 4 is 5.91 Å². The topological polar surface area (TPSA) is 307 Å². The second-order valence-electron chi connectivity index (χ2n) is 27.8. The molecule has 3 heterocycles. The second-order valence-corrected chi connectivity index (χ2v) is 27.8. The van der Waals surface area contributed by atoms with Crippen LogP contribution in [0.4, 0.5) is 0 Å². The molecule has 574 valence electrons. The van der Waals surface area contributed by atoms with Crippen LogP contribution in [-0.2, 0) is 33.2 Å². The van der Waals surface area contributed by atoms with E-state index in [1.807, 2.05) is 6.08 Å². The van der Waals surface area contributed by atoms with Crippen molar-refractivity contribution < 1.29 is 89.4 Å². The molecule has 99 heavy (non-hydrogen) atoms. The van der Waals surface area contributed by atoms with Crippen LogP contribution >= 0.6 is 0 Å². The van der Waals surface area contributed by atoms with Gasteiger partial charge < -0.3 is 89.9 Å². The summed E-state index contributed by atoms with van der Waals surface area (Å²) in [4.78, 5) is 13.5. The third-order valence-corrected chi connectivity index (χ3v) is 19.2. The first-order valence-corrected chi connectivity index (χ1v) is 39.3. The molecule has 19 nitrogen and oxygen atoms in total. The zero-order valence-corrected chi connectivity index (χ0v) is 61.2. The zero-order valence-electron chi connectivity index (χ0n) is 61.2. The van der Waals surface area contributed by atoms with E-state index in [1.165, 1.54) is 180 Å². The van der Waals surface area contributed by atoms with Gasteiger partial charge in [0.15, 0.2) is 18.9 Å². The molecule has 0 bridgehead atoms. The van der Waals surface area contributed by atoms with Gasteiger partial charge in [-0.2, -0.15) is 0 Å². The molecule has 0 aromatic rings. The largest absolute Gasteiger partial charge is 0.394 e. The Hall–Kier alpha value is -3.03. The van der Waals surface area contributed by atoms with E-state index < -0.39 is 124 Å². The molecule has 0 saturated carbocycles. The summed E-state index contributed by atoms with van der Waals surface area (Å²) in [6.07, 6.45) is 52.8. The van der Waals surface area contributed by atoms with E-state index >= 15 is 0 Å². The number of rotatable bonds is 61. The van der Waals surface area contributed by atoms with Crippen LogP contribution in [0.5, 0.6) is 0 Å². The molecule has 17 atom stereocenters. The van der Waals surface area contributed by atoms with E-state index in [1.54, 1.807) is 6.08 Å². The highest BCUT2D eigenvalue weighted by molar-refractivity contribution is 5.76. The van der Waals surface area contributed by atoms with Crippen molar-refractivity contribution in [3.05, 3.63) is 85.1 Å². The third-order valence-electron chi connectivity index (χ3n) is 19.2. The summed E-state index contributed by atoms with van der Waals surface area (Å²) in [5.41, 5.74) is 0. The van der Waals surface area contributed by atoms with Crippen LogP contribution in [0, 0.1) is 0 Å². The van der Waals surface area contributed by atoms with Crippen molar-refractivity contribution in [1.82, 2.24) is 5.32 Å². The summed E-state index contributed by atoms with van der Waals surface area (Å²) in [6.45, 7) is 1.62. The van der Waals surface area contributed by atoms with Gasteiger partial charge in [0.05, 0.1) is 38.6 Å². The van der Waals surface area contributed by atoms with Crippen LogP contribution in [0.25, 0.3) is 0 Å². The molecule has 0 aromatic carbocycles. The molecule has 3 fully saturated rings. The van der Waals surface area contributed by atoms with Gasteiger partial charge in [0.2, 0.25) is 5.91 Å². The molecule has 1 amide bonds. The third kappa shape index (κ3) is 40.7. The number of hydrogen-bond acceptors (Lipinski definition) is 18. The highest BCUT2D eigenvalue weighted by Crippen LogP contribution is 2.33. The maximum absolute atomic E-state index is 13.5. The predicted octanol–water partition coefficient (Wildman–Crippen LogP) is 12.6. The highest BCUT2D eigenvalue weighted by atomic mass is 16.8. The molecule has 0 aromatic heterocycles. The summed E-state index contributed by atoms with van der Waals surface area (Å²) >= 11 is 0. The van der Waals surface area contributed by atoms with Crippen molar-refractivity contribution in [3.63, 3.8) is 0 Å². The van der Waals surface area contributed by atoms with E-state index in [4.69, 9.17) is 28.4 Å². The fourth-order valence-electron chi connectivity index (χ4n) is 12.9. The van der Waals surface area contributed by atoms with Crippen LogP contribution in [0.3, 0.4) is 0 Å². The quantitative estimate of drug-likeness (QED) is 0.0199. The lowest BCUT2D eigenvalue weighted by Gasteiger charge is -2.48. The van der Waals surface area contributed by atoms with Crippen LogP contribution in [0.2, 0.25) is 0 Å². The molecule has 17 unspecified atom stereocenters. The Kier molecular flexibility index (Phi) is 54.9. The first kappa shape index (κ1) is 90.2. The molecule has 19 heteroatoms. The van der Waals surface area contributed by atoms with Gasteiger partial charge in [-0.1, -0.05) is 279 Å². The smallest absolute Gasteiger partial charge is 0.220 e. The lowest BCUT2D eigenvalue weighted by molar-refractivity contribution is -0.379. The average Bonchev–Trinajstić information content (AvgIpc) is 0.785. The molecule has 0 aliphatic carbocycles. The fourth-order valence-corrected chi connectivity index (χ4v) is 12.9. The number of nitrogens with one attached hydrogen (secondary N) is 1. The van der Waals surface area contributed by atoms with Crippen LogP contribution in [0.15, 0.2) is 85.1 Å². The number of hydrogen-bond donors (Lipinski definition) is 12. The van der Waals surface area contributed by atoms with Gasteiger partial charge in [0.25, 0.3) is 0 Å². The fraction of sp³-hybridized carbons (Fsp3) is 0.812. The van der Waals surface area contributed by atoms with Crippen molar-refractivity contribution in [2.24, 2.45) is 0 Å². The molecular weight excluding hydrogens is 1260 g/mol. The Bertz CT molecular complexity index is 2120. The SMILES string of the molecule is CC/C=C\C/C=C\C/C=C\C/C=C\CCCCCCCCCCCCCCCCCCC(=O)NC(COC1OC(CO)C(OC2OC(CO)C(OC3OC(CO)C(O)C(O)C3O)C(O)C2O)C(O)C1O)C(O)/C=C/CC/C=C/CC/C=C/CCCCCCCCCCCCCCCCC. The summed E-state index contributed by atoms with van der Waals surface area (Å²) in [6, 6.07) is -1.00.